The summed E-state index contributed by atoms with van der Waals surface area (Å²) in [5.74, 6) is -2.39. The molecule has 0 unspecified atom stereocenters. The monoisotopic (exact) mass is 275 g/mol. The maximum absolute atomic E-state index is 12.0. The Labute approximate surface area is 98.8 Å². The van der Waals surface area contributed by atoms with Crippen molar-refractivity contribution in [2.75, 3.05) is 6.61 Å². The zero-order valence-corrected chi connectivity index (χ0v) is 8.83. The molecule has 10 heteroatoms. The van der Waals surface area contributed by atoms with Crippen LogP contribution in [0.4, 0.5) is 13.2 Å². The third kappa shape index (κ3) is 3.09. The van der Waals surface area contributed by atoms with E-state index in [-0.39, 0.29) is 0 Å². The summed E-state index contributed by atoms with van der Waals surface area (Å²) in [6.45, 7) is -0.755. The van der Waals surface area contributed by atoms with Crippen LogP contribution in [0.2, 0.25) is 0 Å². The van der Waals surface area contributed by atoms with Crippen LogP contribution in [0.15, 0.2) is 0 Å². The van der Waals surface area contributed by atoms with Gasteiger partial charge in [0, 0.05) is 0 Å². The molecule has 0 aromatic heterocycles. The summed E-state index contributed by atoms with van der Waals surface area (Å²) >= 11 is 0. The first-order chi connectivity index (χ1) is 8.18. The lowest BCUT2D eigenvalue weighted by Crippen LogP contribution is -2.65. The van der Waals surface area contributed by atoms with E-state index in [1.807, 2.05) is 0 Å². The first-order valence-corrected chi connectivity index (χ1v) is 4.86. The topological polar surface area (TPSA) is 119 Å². The molecule has 0 aromatic carbocycles. The van der Waals surface area contributed by atoms with E-state index in [0.717, 1.165) is 0 Å². The van der Waals surface area contributed by atoms with Crippen molar-refractivity contribution in [1.82, 2.24) is 5.32 Å². The molecule has 1 aliphatic heterocycles. The number of rotatable bonds is 2. The van der Waals surface area contributed by atoms with Crippen molar-refractivity contribution < 1.29 is 43.1 Å². The van der Waals surface area contributed by atoms with Gasteiger partial charge in [0.2, 0.25) is 0 Å². The standard InChI is InChI=1S/C8H12F3NO6/c9-8(10,11)7(17)12-3-5(15)4(14)2(1-13)18-6(3)16/h2-6,13-16H,1H2,(H,12,17)/t2-,3-,4-,5+,6+/m0/s1. The van der Waals surface area contributed by atoms with Gasteiger partial charge in [-0.1, -0.05) is 0 Å². The average molecular weight is 275 g/mol. The summed E-state index contributed by atoms with van der Waals surface area (Å²) in [6.07, 6.45) is -12.2. The van der Waals surface area contributed by atoms with E-state index in [1.165, 1.54) is 5.32 Å². The summed E-state index contributed by atoms with van der Waals surface area (Å²) in [6, 6.07) is -1.85. The van der Waals surface area contributed by atoms with Crippen molar-refractivity contribution in [1.29, 1.82) is 0 Å². The molecule has 0 aromatic rings. The number of ether oxygens (including phenoxy) is 1. The van der Waals surface area contributed by atoms with Crippen LogP contribution in [0.3, 0.4) is 0 Å². The largest absolute Gasteiger partial charge is 0.471 e. The Morgan fingerprint density at radius 1 is 1.22 bits per heavy atom. The van der Waals surface area contributed by atoms with Gasteiger partial charge in [0.1, 0.15) is 24.4 Å². The Kier molecular flexibility index (Phi) is 4.50. The van der Waals surface area contributed by atoms with Gasteiger partial charge in [-0.25, -0.2) is 0 Å². The molecule has 1 aliphatic rings. The van der Waals surface area contributed by atoms with Crippen LogP contribution in [0, 0.1) is 0 Å². The summed E-state index contributed by atoms with van der Waals surface area (Å²) < 4.78 is 40.5. The third-order valence-electron chi connectivity index (χ3n) is 2.46. The molecular weight excluding hydrogens is 263 g/mol. The molecule has 5 N–H and O–H groups in total. The maximum Gasteiger partial charge on any atom is 0.471 e. The van der Waals surface area contributed by atoms with Gasteiger partial charge in [-0.2, -0.15) is 13.2 Å². The number of amides is 1. The van der Waals surface area contributed by atoms with Gasteiger partial charge in [-0.3, -0.25) is 4.79 Å². The van der Waals surface area contributed by atoms with E-state index in [2.05, 4.69) is 4.74 Å². The van der Waals surface area contributed by atoms with Crippen molar-refractivity contribution in [3.63, 3.8) is 0 Å². The molecule has 0 aliphatic carbocycles. The fourth-order valence-electron chi connectivity index (χ4n) is 1.49. The Balaban J connectivity index is 2.74. The van der Waals surface area contributed by atoms with Crippen LogP contribution in [-0.2, 0) is 9.53 Å². The highest BCUT2D eigenvalue weighted by molar-refractivity contribution is 5.82. The molecule has 0 bridgehead atoms. The maximum atomic E-state index is 12.0. The molecule has 1 rings (SSSR count). The number of carbonyl (C=O) groups is 1. The highest BCUT2D eigenvalue weighted by atomic mass is 19.4. The van der Waals surface area contributed by atoms with Crippen LogP contribution < -0.4 is 5.32 Å². The minimum absolute atomic E-state index is 0.755. The lowest BCUT2D eigenvalue weighted by atomic mass is 9.97. The second-order valence-electron chi connectivity index (χ2n) is 3.73. The van der Waals surface area contributed by atoms with Crippen molar-refractivity contribution >= 4 is 5.91 Å². The molecular formula is C8H12F3NO6. The van der Waals surface area contributed by atoms with E-state index in [1.54, 1.807) is 0 Å². The third-order valence-corrected chi connectivity index (χ3v) is 2.46. The molecule has 5 atom stereocenters. The number of alkyl halides is 3. The van der Waals surface area contributed by atoms with E-state index in [9.17, 15) is 33.3 Å². The minimum atomic E-state index is -5.20. The summed E-state index contributed by atoms with van der Waals surface area (Å²) in [5.41, 5.74) is 0. The quantitative estimate of drug-likeness (QED) is 0.379. The highest BCUT2D eigenvalue weighted by Gasteiger charge is 2.48. The normalized spacial score (nSPS) is 37.4. The number of nitrogens with one attached hydrogen (secondary N) is 1. The van der Waals surface area contributed by atoms with E-state index in [4.69, 9.17) is 5.11 Å². The van der Waals surface area contributed by atoms with Crippen molar-refractivity contribution in [3.8, 4) is 0 Å². The molecule has 0 saturated carbocycles. The molecule has 18 heavy (non-hydrogen) atoms. The molecule has 1 heterocycles. The van der Waals surface area contributed by atoms with Crippen LogP contribution >= 0.6 is 0 Å². The first-order valence-electron chi connectivity index (χ1n) is 4.86. The molecule has 0 radical (unpaired) electrons. The summed E-state index contributed by atoms with van der Waals surface area (Å²) in [5, 5.41) is 38.1. The fraction of sp³-hybridized carbons (Fsp3) is 0.875. The second kappa shape index (κ2) is 5.36. The van der Waals surface area contributed by atoms with Crippen LogP contribution in [0.25, 0.3) is 0 Å². The highest BCUT2D eigenvalue weighted by Crippen LogP contribution is 2.21. The number of aliphatic hydroxyl groups is 4. The lowest BCUT2D eigenvalue weighted by Gasteiger charge is -2.40. The van der Waals surface area contributed by atoms with Crippen molar-refractivity contribution in [3.05, 3.63) is 0 Å². The van der Waals surface area contributed by atoms with E-state index >= 15 is 0 Å². The smallest absolute Gasteiger partial charge is 0.394 e. The molecule has 1 fully saturated rings. The zero-order chi connectivity index (χ0) is 14.1. The van der Waals surface area contributed by atoms with E-state index < -0.39 is 49.3 Å². The number of aliphatic hydroxyl groups excluding tert-OH is 4. The average Bonchev–Trinajstić information content (AvgIpc) is 2.27. The first kappa shape index (κ1) is 15.1. The van der Waals surface area contributed by atoms with Gasteiger partial charge in [0.25, 0.3) is 0 Å². The molecule has 106 valence electrons. The Morgan fingerprint density at radius 3 is 2.22 bits per heavy atom. The van der Waals surface area contributed by atoms with E-state index in [0.29, 0.717) is 0 Å². The summed E-state index contributed by atoms with van der Waals surface area (Å²) in [7, 11) is 0. The molecule has 7 nitrogen and oxygen atoms in total. The van der Waals surface area contributed by atoms with Crippen LogP contribution in [0.1, 0.15) is 0 Å². The van der Waals surface area contributed by atoms with Gasteiger partial charge >= 0.3 is 12.1 Å². The van der Waals surface area contributed by atoms with Gasteiger partial charge in [0.15, 0.2) is 6.29 Å². The van der Waals surface area contributed by atoms with Crippen molar-refractivity contribution in [2.24, 2.45) is 0 Å². The van der Waals surface area contributed by atoms with Gasteiger partial charge in [-0.15, -0.1) is 0 Å². The van der Waals surface area contributed by atoms with Crippen molar-refractivity contribution in [2.45, 2.75) is 36.8 Å². The number of hydrogen-bond donors (Lipinski definition) is 5. The zero-order valence-electron chi connectivity index (χ0n) is 8.83. The number of carbonyl (C=O) groups excluding carboxylic acids is 1. The van der Waals surface area contributed by atoms with Gasteiger partial charge in [0.05, 0.1) is 6.61 Å². The van der Waals surface area contributed by atoms with Gasteiger partial charge in [-0.05, 0) is 0 Å². The predicted octanol–water partition coefficient (Wildman–Crippen LogP) is -2.54. The molecule has 0 spiro atoms. The van der Waals surface area contributed by atoms with Gasteiger partial charge < -0.3 is 30.5 Å². The number of halogens is 3. The lowest BCUT2D eigenvalue weighted by molar-refractivity contribution is -0.256. The predicted molar refractivity (Wildman–Crippen MR) is 48.0 cm³/mol. The Bertz CT molecular complexity index is 312. The Morgan fingerprint density at radius 2 is 1.78 bits per heavy atom. The molecule has 1 saturated heterocycles. The molecule has 1 amide bonds. The van der Waals surface area contributed by atoms with Crippen LogP contribution in [-0.4, -0.2) is 69.8 Å². The number of hydrogen-bond acceptors (Lipinski definition) is 6. The van der Waals surface area contributed by atoms with Crippen LogP contribution in [0.5, 0.6) is 0 Å². The SMILES string of the molecule is O=C(N[C@H]1[C@@H](O)[C@@H](O)[C@H](CO)O[C@H]1O)C(F)(F)F. The fourth-order valence-corrected chi connectivity index (χ4v) is 1.49. The Hall–Kier alpha value is -0.940. The minimum Gasteiger partial charge on any atom is -0.394 e. The second-order valence-corrected chi connectivity index (χ2v) is 3.73. The summed E-state index contributed by atoms with van der Waals surface area (Å²) in [4.78, 5) is 10.6.